The number of thiazole rings is 1. The van der Waals surface area contributed by atoms with Gasteiger partial charge in [0.1, 0.15) is 17.4 Å². The molecule has 0 amide bonds. The van der Waals surface area contributed by atoms with Gasteiger partial charge in [0.15, 0.2) is 0 Å². The van der Waals surface area contributed by atoms with Crippen LogP contribution < -0.4 is 4.74 Å². The highest BCUT2D eigenvalue weighted by atomic mass is 32.1. The van der Waals surface area contributed by atoms with E-state index in [-0.39, 0.29) is 18.9 Å². The number of hydrogen-bond donors (Lipinski definition) is 1. The summed E-state index contributed by atoms with van der Waals surface area (Å²) in [6.45, 7) is 1.86. The number of ether oxygens (including phenoxy) is 1. The van der Waals surface area contributed by atoms with Crippen molar-refractivity contribution in [3.63, 3.8) is 0 Å². The second-order valence-electron chi connectivity index (χ2n) is 3.88. The minimum Gasteiger partial charge on any atom is -0.486 e. The van der Waals surface area contributed by atoms with Crippen LogP contribution >= 0.6 is 11.3 Å². The highest BCUT2D eigenvalue weighted by Gasteiger charge is 2.11. The molecule has 0 bridgehead atoms. The fourth-order valence-corrected chi connectivity index (χ4v) is 2.24. The number of aliphatic hydroxyl groups excluding tert-OH is 1. The Kier molecular flexibility index (Phi) is 4.08. The Balaban J connectivity index is 2.13. The largest absolute Gasteiger partial charge is 0.486 e. The fourth-order valence-electron chi connectivity index (χ4n) is 1.55. The summed E-state index contributed by atoms with van der Waals surface area (Å²) >= 11 is 1.48. The summed E-state index contributed by atoms with van der Waals surface area (Å²) in [6.07, 6.45) is 0. The number of hydrogen-bond acceptors (Lipinski definition) is 6. The van der Waals surface area contributed by atoms with Crippen LogP contribution in [0.3, 0.4) is 0 Å². The lowest BCUT2D eigenvalue weighted by Crippen LogP contribution is -1.99. The molecule has 0 unspecified atom stereocenters. The van der Waals surface area contributed by atoms with Crippen molar-refractivity contribution in [2.24, 2.45) is 0 Å². The van der Waals surface area contributed by atoms with Gasteiger partial charge in [-0.15, -0.1) is 11.3 Å². The Morgan fingerprint density at radius 3 is 2.89 bits per heavy atom. The lowest BCUT2D eigenvalue weighted by Gasteiger charge is -2.08. The van der Waals surface area contributed by atoms with Gasteiger partial charge in [0.25, 0.3) is 5.69 Å². The van der Waals surface area contributed by atoms with Gasteiger partial charge in [-0.2, -0.15) is 0 Å². The number of aryl methyl sites for hydroxylation is 1. The van der Waals surface area contributed by atoms with Crippen LogP contribution in [0.2, 0.25) is 0 Å². The minimum atomic E-state index is -0.507. The molecule has 0 radical (unpaired) electrons. The van der Waals surface area contributed by atoms with Crippen molar-refractivity contribution in [1.82, 2.24) is 4.98 Å². The molecule has 0 spiro atoms. The zero-order valence-electron chi connectivity index (χ0n) is 10.2. The number of benzene rings is 1. The van der Waals surface area contributed by atoms with E-state index in [4.69, 9.17) is 4.74 Å². The molecule has 1 heterocycles. The van der Waals surface area contributed by atoms with Crippen molar-refractivity contribution >= 4 is 17.0 Å². The lowest BCUT2D eigenvalue weighted by molar-refractivity contribution is -0.385. The maximum absolute atomic E-state index is 10.6. The average molecular weight is 280 g/mol. The number of nitro groups is 1. The van der Waals surface area contributed by atoms with E-state index in [1.165, 1.54) is 29.5 Å². The van der Waals surface area contributed by atoms with Gasteiger partial charge in [0.05, 0.1) is 11.5 Å². The molecule has 100 valence electrons. The Labute approximate surface area is 113 Å². The standard InChI is InChI=1S/C12H12N2O4S/c1-8-7-19-12(13-8)6-18-11-3-2-10(14(16)17)4-9(11)5-15/h2-4,7,15H,5-6H2,1H3. The van der Waals surface area contributed by atoms with E-state index in [1.54, 1.807) is 0 Å². The van der Waals surface area contributed by atoms with Crippen LogP contribution in [0.5, 0.6) is 5.75 Å². The molecular weight excluding hydrogens is 268 g/mol. The Morgan fingerprint density at radius 2 is 2.32 bits per heavy atom. The summed E-state index contributed by atoms with van der Waals surface area (Å²) in [5.74, 6) is 0.431. The summed E-state index contributed by atoms with van der Waals surface area (Å²) in [4.78, 5) is 14.4. The number of aliphatic hydroxyl groups is 1. The monoisotopic (exact) mass is 280 g/mol. The summed E-state index contributed by atoms with van der Waals surface area (Å²) in [7, 11) is 0. The molecular formula is C12H12N2O4S. The number of aromatic nitrogens is 1. The van der Waals surface area contributed by atoms with E-state index in [9.17, 15) is 15.2 Å². The highest BCUT2D eigenvalue weighted by molar-refractivity contribution is 7.09. The van der Waals surface area contributed by atoms with E-state index >= 15 is 0 Å². The smallest absolute Gasteiger partial charge is 0.270 e. The van der Waals surface area contributed by atoms with E-state index in [0.717, 1.165) is 10.7 Å². The third kappa shape index (κ3) is 3.27. The van der Waals surface area contributed by atoms with Crippen LogP contribution in [0, 0.1) is 17.0 Å². The molecule has 6 nitrogen and oxygen atoms in total. The van der Waals surface area contributed by atoms with Crippen LogP contribution in [0.4, 0.5) is 5.69 Å². The minimum absolute atomic E-state index is 0.0681. The van der Waals surface area contributed by atoms with E-state index in [1.807, 2.05) is 12.3 Å². The molecule has 0 fully saturated rings. The van der Waals surface area contributed by atoms with Crippen molar-refractivity contribution in [1.29, 1.82) is 0 Å². The molecule has 0 atom stereocenters. The Hall–Kier alpha value is -1.99. The van der Waals surface area contributed by atoms with Crippen LogP contribution in [0.1, 0.15) is 16.3 Å². The quantitative estimate of drug-likeness (QED) is 0.671. The maximum atomic E-state index is 10.6. The van der Waals surface area contributed by atoms with Gasteiger partial charge in [-0.1, -0.05) is 0 Å². The molecule has 19 heavy (non-hydrogen) atoms. The molecule has 7 heteroatoms. The van der Waals surface area contributed by atoms with Crippen molar-refractivity contribution in [3.8, 4) is 5.75 Å². The molecule has 0 saturated heterocycles. The Morgan fingerprint density at radius 1 is 1.53 bits per heavy atom. The molecule has 0 aliphatic rings. The van der Waals surface area contributed by atoms with Crippen molar-refractivity contribution in [2.75, 3.05) is 0 Å². The molecule has 1 aromatic heterocycles. The predicted molar refractivity (Wildman–Crippen MR) is 70.2 cm³/mol. The average Bonchev–Trinajstić information content (AvgIpc) is 2.81. The van der Waals surface area contributed by atoms with Crippen molar-refractivity contribution in [3.05, 3.63) is 50.0 Å². The van der Waals surface area contributed by atoms with Gasteiger partial charge in [-0.05, 0) is 13.0 Å². The van der Waals surface area contributed by atoms with Crippen LogP contribution in [-0.4, -0.2) is 15.0 Å². The fraction of sp³-hybridized carbons (Fsp3) is 0.250. The first-order chi connectivity index (χ1) is 9.10. The normalized spacial score (nSPS) is 10.4. The third-order valence-electron chi connectivity index (χ3n) is 2.44. The first kappa shape index (κ1) is 13.4. The summed E-state index contributed by atoms with van der Waals surface area (Å²) in [5, 5.41) is 22.6. The zero-order valence-corrected chi connectivity index (χ0v) is 11.0. The molecule has 0 aliphatic carbocycles. The van der Waals surface area contributed by atoms with Crippen LogP contribution in [0.15, 0.2) is 23.6 Å². The van der Waals surface area contributed by atoms with Gasteiger partial charge in [-0.3, -0.25) is 10.1 Å². The summed E-state index contributed by atoms with van der Waals surface area (Å²) in [6, 6.07) is 4.15. The highest BCUT2D eigenvalue weighted by Crippen LogP contribution is 2.25. The van der Waals surface area contributed by atoms with Gasteiger partial charge in [0.2, 0.25) is 0 Å². The summed E-state index contributed by atoms with van der Waals surface area (Å²) < 4.78 is 5.53. The van der Waals surface area contributed by atoms with Gasteiger partial charge in [-0.25, -0.2) is 4.98 Å². The number of nitrogens with zero attached hydrogens (tertiary/aromatic N) is 2. The van der Waals surface area contributed by atoms with Gasteiger partial charge < -0.3 is 9.84 Å². The summed E-state index contributed by atoms with van der Waals surface area (Å²) in [5.41, 5.74) is 1.25. The first-order valence-electron chi connectivity index (χ1n) is 5.52. The Bertz CT molecular complexity index is 597. The molecule has 2 rings (SSSR count). The first-order valence-corrected chi connectivity index (χ1v) is 6.40. The second kappa shape index (κ2) is 5.77. The zero-order chi connectivity index (χ0) is 13.8. The van der Waals surface area contributed by atoms with Crippen molar-refractivity contribution < 1.29 is 14.8 Å². The van der Waals surface area contributed by atoms with E-state index < -0.39 is 4.92 Å². The molecule has 1 N–H and O–H groups in total. The van der Waals surface area contributed by atoms with Crippen LogP contribution in [-0.2, 0) is 13.2 Å². The molecule has 0 aliphatic heterocycles. The predicted octanol–water partition coefficient (Wildman–Crippen LogP) is 2.43. The van der Waals surface area contributed by atoms with E-state index in [0.29, 0.717) is 11.3 Å². The third-order valence-corrected chi connectivity index (χ3v) is 3.38. The maximum Gasteiger partial charge on any atom is 0.270 e. The molecule has 1 aromatic carbocycles. The van der Waals surface area contributed by atoms with Gasteiger partial charge in [0, 0.05) is 28.8 Å². The van der Waals surface area contributed by atoms with Crippen molar-refractivity contribution in [2.45, 2.75) is 20.1 Å². The molecule has 2 aromatic rings. The van der Waals surface area contributed by atoms with E-state index in [2.05, 4.69) is 4.98 Å². The molecule has 0 saturated carbocycles. The number of non-ortho nitro benzene ring substituents is 1. The van der Waals surface area contributed by atoms with Gasteiger partial charge >= 0.3 is 0 Å². The van der Waals surface area contributed by atoms with Crippen LogP contribution in [0.25, 0.3) is 0 Å². The number of nitro benzene ring substituents is 1. The second-order valence-corrected chi connectivity index (χ2v) is 4.82. The lowest BCUT2D eigenvalue weighted by atomic mass is 10.2. The number of rotatable bonds is 5. The SMILES string of the molecule is Cc1csc(COc2ccc([N+](=O)[O-])cc2CO)n1. The topological polar surface area (TPSA) is 85.5 Å².